The summed E-state index contributed by atoms with van der Waals surface area (Å²) in [6.45, 7) is 5.37. The first kappa shape index (κ1) is 24.0. The number of rotatable bonds is 12. The van der Waals surface area contributed by atoms with Crippen LogP contribution in [0.3, 0.4) is 0 Å². The molecule has 1 amide bonds. The van der Waals surface area contributed by atoms with Gasteiger partial charge in [-0.3, -0.25) is 9.59 Å². The van der Waals surface area contributed by atoms with Crippen molar-refractivity contribution in [2.75, 3.05) is 6.61 Å². The first-order valence-corrected chi connectivity index (χ1v) is 9.37. The number of ether oxygens (including phenoxy) is 2. The minimum atomic E-state index is -1.05. The highest BCUT2D eigenvalue weighted by Gasteiger charge is 2.28. The van der Waals surface area contributed by atoms with Gasteiger partial charge in [0.25, 0.3) is 0 Å². The molecule has 0 aliphatic heterocycles. The van der Waals surface area contributed by atoms with Crippen molar-refractivity contribution in [3.05, 3.63) is 35.4 Å². The van der Waals surface area contributed by atoms with Gasteiger partial charge in [0.2, 0.25) is 11.7 Å². The van der Waals surface area contributed by atoms with Gasteiger partial charge in [0, 0.05) is 19.4 Å². The van der Waals surface area contributed by atoms with E-state index in [0.29, 0.717) is 0 Å². The zero-order valence-electron chi connectivity index (χ0n) is 16.8. The van der Waals surface area contributed by atoms with E-state index in [9.17, 15) is 19.5 Å². The molecule has 29 heavy (non-hydrogen) atoms. The average Bonchev–Trinajstić information content (AvgIpc) is 2.65. The third-order valence-corrected chi connectivity index (χ3v) is 3.85. The van der Waals surface area contributed by atoms with Crippen LogP contribution >= 0.6 is 0 Å². The molecular weight excluding hydrogens is 378 g/mol. The predicted molar refractivity (Wildman–Crippen MR) is 104 cm³/mol. The number of phenolic OH excluding ortho intramolecular Hbond substituents is 1. The lowest BCUT2D eigenvalue weighted by Gasteiger charge is -2.22. The van der Waals surface area contributed by atoms with Gasteiger partial charge in [-0.25, -0.2) is 4.79 Å². The van der Waals surface area contributed by atoms with Crippen LogP contribution in [-0.4, -0.2) is 58.6 Å². The minimum absolute atomic E-state index is 0.0137. The summed E-state index contributed by atoms with van der Waals surface area (Å²) < 4.78 is 10.7. The van der Waals surface area contributed by atoms with Gasteiger partial charge in [0.1, 0.15) is 17.9 Å². The van der Waals surface area contributed by atoms with Crippen LogP contribution in [0.2, 0.25) is 0 Å². The van der Waals surface area contributed by atoms with Crippen molar-refractivity contribution < 1.29 is 33.8 Å². The van der Waals surface area contributed by atoms with Crippen LogP contribution in [0.5, 0.6) is 5.75 Å². The monoisotopic (exact) mass is 405 g/mol. The fourth-order valence-electron chi connectivity index (χ4n) is 2.52. The van der Waals surface area contributed by atoms with Gasteiger partial charge in [-0.15, -0.1) is 0 Å². The lowest BCUT2D eigenvalue weighted by Crippen LogP contribution is -2.48. The number of aromatic hydroxyl groups is 1. The quantitative estimate of drug-likeness (QED) is 0.233. The Morgan fingerprint density at radius 3 is 2.45 bits per heavy atom. The number of Topliss-reactive ketones (excluding diaryl/α,β-unsaturated/α-hetero) is 1. The Morgan fingerprint density at radius 2 is 1.90 bits per heavy atom. The van der Waals surface area contributed by atoms with Crippen molar-refractivity contribution in [1.29, 1.82) is 0 Å². The molecule has 0 heterocycles. The van der Waals surface area contributed by atoms with Gasteiger partial charge in [0.05, 0.1) is 6.10 Å². The molecule has 0 bridgehead atoms. The SMILES string of the molecule is CCO[C@@H](Cc1ccc(O)cc1)C(=O)N[C@@H](CCC(=O)C=[N+]=[N-])C(=O)OC(C)C. The number of esters is 1. The Morgan fingerprint density at radius 1 is 1.24 bits per heavy atom. The summed E-state index contributed by atoms with van der Waals surface area (Å²) in [5.74, 6) is -1.57. The van der Waals surface area contributed by atoms with E-state index >= 15 is 0 Å². The third-order valence-electron chi connectivity index (χ3n) is 3.85. The Balaban J connectivity index is 2.88. The largest absolute Gasteiger partial charge is 0.508 e. The van der Waals surface area contributed by atoms with E-state index in [2.05, 4.69) is 10.1 Å². The molecule has 0 spiro atoms. The van der Waals surface area contributed by atoms with Crippen LogP contribution < -0.4 is 5.32 Å². The van der Waals surface area contributed by atoms with Crippen molar-refractivity contribution in [1.82, 2.24) is 5.32 Å². The zero-order chi connectivity index (χ0) is 21.8. The summed E-state index contributed by atoms with van der Waals surface area (Å²) in [7, 11) is 0. The number of nitrogens with one attached hydrogen (secondary N) is 1. The highest BCUT2D eigenvalue weighted by atomic mass is 16.5. The van der Waals surface area contributed by atoms with Crippen molar-refractivity contribution in [3.63, 3.8) is 0 Å². The fourth-order valence-corrected chi connectivity index (χ4v) is 2.52. The number of hydrogen-bond donors (Lipinski definition) is 2. The zero-order valence-corrected chi connectivity index (χ0v) is 16.8. The maximum absolute atomic E-state index is 12.7. The maximum Gasteiger partial charge on any atom is 0.328 e. The lowest BCUT2D eigenvalue weighted by atomic mass is 10.1. The number of nitrogens with zero attached hydrogens (tertiary/aromatic N) is 2. The molecule has 0 radical (unpaired) electrons. The van der Waals surface area contributed by atoms with E-state index in [1.165, 1.54) is 12.1 Å². The average molecular weight is 405 g/mol. The summed E-state index contributed by atoms with van der Waals surface area (Å²) in [4.78, 5) is 39.3. The van der Waals surface area contributed by atoms with Gasteiger partial charge in [-0.05, 0) is 44.9 Å². The van der Waals surface area contributed by atoms with E-state index in [-0.39, 0.29) is 31.6 Å². The van der Waals surface area contributed by atoms with Crippen LogP contribution in [0, 0.1) is 0 Å². The molecule has 1 aromatic carbocycles. The van der Waals surface area contributed by atoms with Crippen molar-refractivity contribution >= 4 is 23.9 Å². The van der Waals surface area contributed by atoms with Gasteiger partial charge < -0.3 is 25.4 Å². The van der Waals surface area contributed by atoms with Crippen molar-refractivity contribution in [2.45, 2.75) is 58.3 Å². The highest BCUT2D eigenvalue weighted by Crippen LogP contribution is 2.13. The minimum Gasteiger partial charge on any atom is -0.508 e. The summed E-state index contributed by atoms with van der Waals surface area (Å²) in [5, 5.41) is 12.0. The molecule has 0 aliphatic carbocycles. The van der Waals surface area contributed by atoms with Gasteiger partial charge in [0.15, 0.2) is 0 Å². The number of benzene rings is 1. The first-order valence-electron chi connectivity index (χ1n) is 9.37. The molecule has 0 fully saturated rings. The number of phenols is 1. The van der Waals surface area contributed by atoms with E-state index in [4.69, 9.17) is 15.0 Å². The van der Waals surface area contributed by atoms with Crippen LogP contribution in [0.25, 0.3) is 5.53 Å². The second-order valence-corrected chi connectivity index (χ2v) is 6.61. The van der Waals surface area contributed by atoms with Crippen LogP contribution in [0.1, 0.15) is 39.2 Å². The third kappa shape index (κ3) is 9.14. The second-order valence-electron chi connectivity index (χ2n) is 6.61. The molecule has 0 unspecified atom stereocenters. The lowest BCUT2D eigenvalue weighted by molar-refractivity contribution is -0.153. The predicted octanol–water partition coefficient (Wildman–Crippen LogP) is 1.43. The van der Waals surface area contributed by atoms with E-state index < -0.39 is 35.9 Å². The molecule has 0 saturated heterocycles. The standard InChI is InChI=1S/C20H27N3O6/c1-4-28-18(11-14-5-7-15(24)8-6-14)19(26)23-17(20(27)29-13(2)3)10-9-16(25)12-22-21/h5-8,12-13,17-18,24H,4,9-11H2,1-3H3,(H,23,26)/t17-,18-/m0/s1. The van der Waals surface area contributed by atoms with Crippen molar-refractivity contribution in [3.8, 4) is 5.75 Å². The summed E-state index contributed by atoms with van der Waals surface area (Å²) >= 11 is 0. The topological polar surface area (TPSA) is 138 Å². The Hall–Kier alpha value is -3.03. The molecule has 0 saturated carbocycles. The molecule has 0 aliphatic rings. The van der Waals surface area contributed by atoms with Gasteiger partial charge in [-0.2, -0.15) is 4.79 Å². The molecule has 2 atom stereocenters. The first-order chi connectivity index (χ1) is 13.8. The molecule has 9 heteroatoms. The van der Waals surface area contributed by atoms with Crippen molar-refractivity contribution in [2.24, 2.45) is 0 Å². The Bertz CT molecular complexity index is 741. The van der Waals surface area contributed by atoms with Gasteiger partial charge in [-0.1, -0.05) is 12.1 Å². The Kier molecular flexibility index (Phi) is 10.3. The van der Waals surface area contributed by atoms with Gasteiger partial charge >= 0.3 is 12.2 Å². The number of carbonyl (C=O) groups excluding carboxylic acids is 3. The molecule has 9 nitrogen and oxygen atoms in total. The summed E-state index contributed by atoms with van der Waals surface area (Å²) in [5.41, 5.74) is 9.19. The summed E-state index contributed by atoms with van der Waals surface area (Å²) in [6, 6.07) is 5.31. The molecule has 0 aromatic heterocycles. The molecule has 1 rings (SSSR count). The molecule has 1 aromatic rings. The van der Waals surface area contributed by atoms with E-state index in [0.717, 1.165) is 11.8 Å². The summed E-state index contributed by atoms with van der Waals surface area (Å²) in [6.07, 6.45) is -0.410. The van der Waals surface area contributed by atoms with Crippen LogP contribution in [0.15, 0.2) is 24.3 Å². The van der Waals surface area contributed by atoms with E-state index in [1.54, 1.807) is 32.9 Å². The number of carbonyl (C=O) groups is 3. The highest BCUT2D eigenvalue weighted by molar-refractivity contribution is 6.25. The number of ketones is 1. The maximum atomic E-state index is 12.7. The number of amides is 1. The smallest absolute Gasteiger partial charge is 0.328 e. The number of hydrogen-bond acceptors (Lipinski definition) is 6. The fraction of sp³-hybridized carbons (Fsp3) is 0.500. The van der Waals surface area contributed by atoms with Crippen LogP contribution in [0.4, 0.5) is 0 Å². The Labute approximate surface area is 169 Å². The normalized spacial score (nSPS) is 12.6. The molecule has 158 valence electrons. The molecule has 2 N–H and O–H groups in total. The van der Waals surface area contributed by atoms with E-state index in [1.807, 2.05) is 0 Å². The van der Waals surface area contributed by atoms with Crippen LogP contribution in [-0.2, 0) is 30.3 Å². The second kappa shape index (κ2) is 12.4. The molecular formula is C20H27N3O6.